The first-order valence-corrected chi connectivity index (χ1v) is 3.83. The van der Waals surface area contributed by atoms with E-state index in [4.69, 9.17) is 10.5 Å². The van der Waals surface area contributed by atoms with Crippen LogP contribution < -0.4 is 10.5 Å². The van der Waals surface area contributed by atoms with Gasteiger partial charge in [0.05, 0.1) is 0 Å². The van der Waals surface area contributed by atoms with Gasteiger partial charge < -0.3 is 10.5 Å². The summed E-state index contributed by atoms with van der Waals surface area (Å²) in [6, 6.07) is 5.05. The van der Waals surface area contributed by atoms with Crippen molar-refractivity contribution < 1.29 is 9.13 Å². The third kappa shape index (κ3) is 3.20. The molecule has 0 saturated heterocycles. The van der Waals surface area contributed by atoms with Gasteiger partial charge in [-0.15, -0.1) is 12.4 Å². The third-order valence-electron chi connectivity index (χ3n) is 1.53. The van der Waals surface area contributed by atoms with E-state index in [1.807, 2.05) is 0 Å². The van der Waals surface area contributed by atoms with Crippen LogP contribution in [0.2, 0.25) is 0 Å². The molecule has 0 aromatic heterocycles. The summed E-state index contributed by atoms with van der Waals surface area (Å²) in [6.07, 6.45) is 0. The first kappa shape index (κ1) is 12.2. The summed E-state index contributed by atoms with van der Waals surface area (Å²) in [5, 5.41) is 0. The Bertz CT molecular complexity index is 268. The van der Waals surface area contributed by atoms with Gasteiger partial charge in [-0.3, -0.25) is 0 Å². The summed E-state index contributed by atoms with van der Waals surface area (Å²) in [4.78, 5) is 0. The van der Waals surface area contributed by atoms with Gasteiger partial charge in [0.25, 0.3) is 0 Å². The van der Waals surface area contributed by atoms with Crippen LogP contribution in [0.3, 0.4) is 0 Å². The van der Waals surface area contributed by atoms with Gasteiger partial charge in [-0.25, -0.2) is 4.39 Å². The number of aryl methyl sites for hydroxylation is 1. The molecule has 0 radical (unpaired) electrons. The lowest BCUT2D eigenvalue weighted by atomic mass is 10.2. The van der Waals surface area contributed by atoms with Gasteiger partial charge in [0.1, 0.15) is 6.61 Å². The minimum absolute atomic E-state index is 0. The van der Waals surface area contributed by atoms with E-state index < -0.39 is 0 Å². The summed E-state index contributed by atoms with van der Waals surface area (Å²) in [6.45, 7) is 2.44. The van der Waals surface area contributed by atoms with Crippen molar-refractivity contribution in [1.29, 1.82) is 0 Å². The van der Waals surface area contributed by atoms with Crippen molar-refractivity contribution >= 4 is 12.4 Å². The van der Waals surface area contributed by atoms with Crippen LogP contribution in [0.4, 0.5) is 4.39 Å². The summed E-state index contributed by atoms with van der Waals surface area (Å²) in [5.74, 6) is -0.0219. The Labute approximate surface area is 83.3 Å². The molecule has 0 saturated carbocycles. The number of hydrogen-bond donors (Lipinski definition) is 1. The Morgan fingerprint density at radius 2 is 2.15 bits per heavy atom. The number of hydrogen-bond acceptors (Lipinski definition) is 2. The van der Waals surface area contributed by atoms with Crippen molar-refractivity contribution in [3.63, 3.8) is 0 Å². The Morgan fingerprint density at radius 1 is 1.46 bits per heavy atom. The standard InChI is InChI=1S/C9H12FNO.ClH/c1-7-3-2-4-8(9(7)10)12-6-5-11;/h2-4H,5-6,11H2,1H3;1H. The zero-order valence-corrected chi connectivity index (χ0v) is 8.23. The van der Waals surface area contributed by atoms with E-state index in [2.05, 4.69) is 0 Å². The SMILES string of the molecule is Cc1cccc(OCCN)c1F.Cl. The maximum absolute atomic E-state index is 13.2. The molecule has 74 valence electrons. The number of halogens is 2. The lowest BCUT2D eigenvalue weighted by Crippen LogP contribution is -2.11. The smallest absolute Gasteiger partial charge is 0.167 e. The Morgan fingerprint density at radius 3 is 2.77 bits per heavy atom. The molecule has 0 amide bonds. The highest BCUT2D eigenvalue weighted by molar-refractivity contribution is 5.85. The Kier molecular flexibility index (Phi) is 5.42. The molecule has 0 atom stereocenters. The maximum Gasteiger partial charge on any atom is 0.167 e. The largest absolute Gasteiger partial charge is 0.489 e. The predicted octanol–water partition coefficient (Wildman–Crippen LogP) is 1.89. The first-order valence-electron chi connectivity index (χ1n) is 3.83. The fourth-order valence-corrected chi connectivity index (χ4v) is 0.901. The van der Waals surface area contributed by atoms with E-state index in [0.717, 1.165) is 0 Å². The van der Waals surface area contributed by atoms with Gasteiger partial charge in [-0.2, -0.15) is 0 Å². The average Bonchev–Trinajstić information content (AvgIpc) is 2.08. The predicted molar refractivity (Wildman–Crippen MR) is 52.9 cm³/mol. The Balaban J connectivity index is 0.00000144. The molecule has 0 unspecified atom stereocenters. The van der Waals surface area contributed by atoms with Gasteiger partial charge in [0.2, 0.25) is 0 Å². The second-order valence-corrected chi connectivity index (χ2v) is 2.52. The summed E-state index contributed by atoms with van der Waals surface area (Å²) in [7, 11) is 0. The minimum atomic E-state index is -0.300. The molecule has 1 aromatic rings. The van der Waals surface area contributed by atoms with Crippen molar-refractivity contribution in [3.8, 4) is 5.75 Å². The topological polar surface area (TPSA) is 35.2 Å². The van der Waals surface area contributed by atoms with Gasteiger partial charge >= 0.3 is 0 Å². The molecule has 1 rings (SSSR count). The Hall–Kier alpha value is -0.800. The summed E-state index contributed by atoms with van der Waals surface area (Å²) < 4.78 is 18.2. The fraction of sp³-hybridized carbons (Fsp3) is 0.333. The molecule has 0 fully saturated rings. The van der Waals surface area contributed by atoms with Gasteiger partial charge in [0, 0.05) is 6.54 Å². The van der Waals surface area contributed by atoms with Crippen LogP contribution in [0.15, 0.2) is 18.2 Å². The number of nitrogens with two attached hydrogens (primary N) is 1. The molecule has 2 nitrogen and oxygen atoms in total. The van der Waals surface area contributed by atoms with E-state index in [1.165, 1.54) is 0 Å². The van der Waals surface area contributed by atoms with Crippen molar-refractivity contribution in [2.24, 2.45) is 5.73 Å². The van der Waals surface area contributed by atoms with E-state index in [9.17, 15) is 4.39 Å². The molecule has 1 aromatic carbocycles. The maximum atomic E-state index is 13.2. The highest BCUT2D eigenvalue weighted by Gasteiger charge is 2.03. The summed E-state index contributed by atoms with van der Waals surface area (Å²) in [5.41, 5.74) is 5.80. The van der Waals surface area contributed by atoms with Crippen LogP contribution in [0.1, 0.15) is 5.56 Å². The van der Waals surface area contributed by atoms with E-state index in [1.54, 1.807) is 25.1 Å². The normalized spacial score (nSPS) is 9.15. The number of rotatable bonds is 3. The molecule has 0 bridgehead atoms. The fourth-order valence-electron chi connectivity index (χ4n) is 0.901. The number of benzene rings is 1. The van der Waals surface area contributed by atoms with E-state index in [0.29, 0.717) is 18.7 Å². The van der Waals surface area contributed by atoms with Crippen LogP contribution in [-0.2, 0) is 0 Å². The summed E-state index contributed by atoms with van der Waals surface area (Å²) >= 11 is 0. The molecule has 0 spiro atoms. The van der Waals surface area contributed by atoms with Gasteiger partial charge in [-0.1, -0.05) is 12.1 Å². The van der Waals surface area contributed by atoms with E-state index >= 15 is 0 Å². The average molecular weight is 206 g/mol. The van der Waals surface area contributed by atoms with Crippen molar-refractivity contribution in [2.75, 3.05) is 13.2 Å². The lowest BCUT2D eigenvalue weighted by Gasteiger charge is -2.06. The molecule has 0 aliphatic heterocycles. The van der Waals surface area contributed by atoms with Crippen molar-refractivity contribution in [2.45, 2.75) is 6.92 Å². The zero-order chi connectivity index (χ0) is 8.97. The zero-order valence-electron chi connectivity index (χ0n) is 7.42. The molecule has 13 heavy (non-hydrogen) atoms. The van der Waals surface area contributed by atoms with Crippen LogP contribution >= 0.6 is 12.4 Å². The third-order valence-corrected chi connectivity index (χ3v) is 1.53. The molecule has 0 aliphatic rings. The molecular formula is C9H13ClFNO. The van der Waals surface area contributed by atoms with Crippen LogP contribution in [0, 0.1) is 12.7 Å². The minimum Gasteiger partial charge on any atom is -0.489 e. The lowest BCUT2D eigenvalue weighted by molar-refractivity contribution is 0.310. The second-order valence-electron chi connectivity index (χ2n) is 2.52. The molecule has 0 aliphatic carbocycles. The highest BCUT2D eigenvalue weighted by atomic mass is 35.5. The highest BCUT2D eigenvalue weighted by Crippen LogP contribution is 2.18. The second kappa shape index (κ2) is 5.78. The molecule has 4 heteroatoms. The van der Waals surface area contributed by atoms with Crippen LogP contribution in [-0.4, -0.2) is 13.2 Å². The van der Waals surface area contributed by atoms with E-state index in [-0.39, 0.29) is 24.0 Å². The number of ether oxygens (including phenoxy) is 1. The monoisotopic (exact) mass is 205 g/mol. The molecule has 0 heterocycles. The van der Waals surface area contributed by atoms with Gasteiger partial charge in [0.15, 0.2) is 11.6 Å². The molecule has 2 N–H and O–H groups in total. The van der Waals surface area contributed by atoms with Crippen LogP contribution in [0.25, 0.3) is 0 Å². The first-order chi connectivity index (χ1) is 5.75. The van der Waals surface area contributed by atoms with Crippen molar-refractivity contribution in [3.05, 3.63) is 29.6 Å². The van der Waals surface area contributed by atoms with Crippen LogP contribution in [0.5, 0.6) is 5.75 Å². The quantitative estimate of drug-likeness (QED) is 0.818. The van der Waals surface area contributed by atoms with Crippen molar-refractivity contribution in [1.82, 2.24) is 0 Å². The van der Waals surface area contributed by atoms with Gasteiger partial charge in [-0.05, 0) is 18.6 Å². The molecular weight excluding hydrogens is 193 g/mol.